The van der Waals surface area contributed by atoms with Gasteiger partial charge in [-0.2, -0.15) is 0 Å². The van der Waals surface area contributed by atoms with Crippen LogP contribution in [0.5, 0.6) is 11.5 Å². The van der Waals surface area contributed by atoms with Crippen molar-refractivity contribution in [2.24, 2.45) is 0 Å². The Kier molecular flexibility index (Phi) is 7.22. The molecule has 1 unspecified atom stereocenters. The number of ether oxygens (including phenoxy) is 2. The Bertz CT molecular complexity index is 646. The van der Waals surface area contributed by atoms with E-state index in [1.807, 2.05) is 24.8 Å². The van der Waals surface area contributed by atoms with Crippen molar-refractivity contribution < 1.29 is 19.0 Å². The van der Waals surface area contributed by atoms with E-state index in [4.69, 9.17) is 9.47 Å². The Hall–Kier alpha value is -2.11. The molecule has 0 aliphatic rings. The SMILES string of the molecule is COc1ccc(OCC(O)CN(Cc2ccccc2F)C(C)C)cc1. The van der Waals surface area contributed by atoms with E-state index in [0.717, 1.165) is 5.75 Å². The highest BCUT2D eigenvalue weighted by molar-refractivity contribution is 5.31. The van der Waals surface area contributed by atoms with Crippen molar-refractivity contribution >= 4 is 0 Å². The first-order chi connectivity index (χ1) is 12.0. The Balaban J connectivity index is 1.88. The summed E-state index contributed by atoms with van der Waals surface area (Å²) in [7, 11) is 1.61. The van der Waals surface area contributed by atoms with Crippen molar-refractivity contribution in [3.8, 4) is 11.5 Å². The molecule has 2 aromatic rings. The lowest BCUT2D eigenvalue weighted by Gasteiger charge is -2.29. The van der Waals surface area contributed by atoms with Crippen LogP contribution in [0.3, 0.4) is 0 Å². The molecule has 0 aromatic heterocycles. The lowest BCUT2D eigenvalue weighted by molar-refractivity contribution is 0.0538. The summed E-state index contributed by atoms with van der Waals surface area (Å²) in [5.41, 5.74) is 0.625. The number of aliphatic hydroxyl groups excluding tert-OH is 1. The van der Waals surface area contributed by atoms with E-state index in [1.54, 1.807) is 43.5 Å². The van der Waals surface area contributed by atoms with E-state index in [-0.39, 0.29) is 18.5 Å². The molecule has 0 saturated heterocycles. The van der Waals surface area contributed by atoms with Crippen LogP contribution in [0.15, 0.2) is 48.5 Å². The number of nitrogens with zero attached hydrogens (tertiary/aromatic N) is 1. The van der Waals surface area contributed by atoms with Crippen LogP contribution in [-0.4, -0.2) is 42.4 Å². The molecule has 0 spiro atoms. The lowest BCUT2D eigenvalue weighted by atomic mass is 10.1. The summed E-state index contributed by atoms with van der Waals surface area (Å²) in [6.07, 6.45) is -0.670. The number of benzene rings is 2. The molecule has 0 radical (unpaired) electrons. The van der Waals surface area contributed by atoms with Crippen LogP contribution in [0.4, 0.5) is 4.39 Å². The first-order valence-corrected chi connectivity index (χ1v) is 8.42. The van der Waals surface area contributed by atoms with E-state index in [2.05, 4.69) is 0 Å². The molecule has 5 heteroatoms. The van der Waals surface area contributed by atoms with Gasteiger partial charge in [0, 0.05) is 24.7 Å². The smallest absolute Gasteiger partial charge is 0.127 e. The third-order valence-electron chi connectivity index (χ3n) is 4.01. The second-order valence-electron chi connectivity index (χ2n) is 6.25. The molecular formula is C20H26FNO3. The quantitative estimate of drug-likeness (QED) is 0.754. The normalized spacial score (nSPS) is 12.4. The maximum absolute atomic E-state index is 13.9. The molecule has 1 atom stereocenters. The molecule has 1 N–H and O–H groups in total. The second kappa shape index (κ2) is 9.39. The van der Waals surface area contributed by atoms with Crippen LogP contribution in [-0.2, 0) is 6.54 Å². The molecule has 0 aliphatic heterocycles. The topological polar surface area (TPSA) is 41.9 Å². The van der Waals surface area contributed by atoms with Crippen molar-refractivity contribution in [1.29, 1.82) is 0 Å². The molecule has 0 saturated carbocycles. The minimum Gasteiger partial charge on any atom is -0.497 e. The van der Waals surface area contributed by atoms with Crippen molar-refractivity contribution in [1.82, 2.24) is 4.90 Å². The first-order valence-electron chi connectivity index (χ1n) is 8.42. The summed E-state index contributed by atoms with van der Waals surface area (Å²) in [5, 5.41) is 10.3. The highest BCUT2D eigenvalue weighted by Crippen LogP contribution is 2.17. The fraction of sp³-hybridized carbons (Fsp3) is 0.400. The zero-order chi connectivity index (χ0) is 18.2. The van der Waals surface area contributed by atoms with E-state index < -0.39 is 6.10 Å². The average Bonchev–Trinajstić information content (AvgIpc) is 2.61. The van der Waals surface area contributed by atoms with Crippen LogP contribution < -0.4 is 9.47 Å². The Morgan fingerprint density at radius 2 is 1.68 bits per heavy atom. The Morgan fingerprint density at radius 3 is 2.28 bits per heavy atom. The molecule has 0 amide bonds. The number of rotatable bonds is 9. The van der Waals surface area contributed by atoms with Gasteiger partial charge in [-0.1, -0.05) is 18.2 Å². The highest BCUT2D eigenvalue weighted by Gasteiger charge is 2.17. The Labute approximate surface area is 148 Å². The van der Waals surface area contributed by atoms with Gasteiger partial charge in [0.2, 0.25) is 0 Å². The molecular weight excluding hydrogens is 321 g/mol. The Morgan fingerprint density at radius 1 is 1.04 bits per heavy atom. The van der Waals surface area contributed by atoms with Gasteiger partial charge >= 0.3 is 0 Å². The molecule has 25 heavy (non-hydrogen) atoms. The van der Waals surface area contributed by atoms with E-state index in [0.29, 0.717) is 24.4 Å². The third kappa shape index (κ3) is 6.03. The van der Waals surface area contributed by atoms with E-state index in [9.17, 15) is 9.50 Å². The summed E-state index contributed by atoms with van der Waals surface area (Å²) < 4.78 is 24.6. The average molecular weight is 347 g/mol. The number of methoxy groups -OCH3 is 1. The maximum atomic E-state index is 13.9. The van der Waals surface area contributed by atoms with Crippen molar-refractivity contribution in [3.05, 3.63) is 59.9 Å². The summed E-state index contributed by atoms with van der Waals surface area (Å²) >= 11 is 0. The summed E-state index contributed by atoms with van der Waals surface area (Å²) in [5.74, 6) is 1.20. The fourth-order valence-corrected chi connectivity index (χ4v) is 2.49. The molecule has 2 aromatic carbocycles. The summed E-state index contributed by atoms with van der Waals surface area (Å²) in [4.78, 5) is 2.03. The van der Waals surface area contributed by atoms with Gasteiger partial charge in [0.25, 0.3) is 0 Å². The monoisotopic (exact) mass is 347 g/mol. The van der Waals surface area contributed by atoms with E-state index in [1.165, 1.54) is 6.07 Å². The minimum absolute atomic E-state index is 0.173. The van der Waals surface area contributed by atoms with Crippen LogP contribution in [0.1, 0.15) is 19.4 Å². The van der Waals surface area contributed by atoms with Gasteiger partial charge in [0.05, 0.1) is 7.11 Å². The van der Waals surface area contributed by atoms with Gasteiger partial charge in [0.1, 0.15) is 30.0 Å². The zero-order valence-corrected chi connectivity index (χ0v) is 15.0. The standard InChI is InChI=1S/C20H26FNO3/c1-15(2)22(12-16-6-4-5-7-20(16)21)13-17(23)14-25-19-10-8-18(24-3)9-11-19/h4-11,15,17,23H,12-14H2,1-3H3. The van der Waals surface area contributed by atoms with Crippen LogP contribution in [0.25, 0.3) is 0 Å². The van der Waals surface area contributed by atoms with E-state index >= 15 is 0 Å². The predicted octanol–water partition coefficient (Wildman–Crippen LogP) is 3.48. The number of hydrogen-bond donors (Lipinski definition) is 1. The van der Waals surface area contributed by atoms with Gasteiger partial charge < -0.3 is 14.6 Å². The molecule has 0 heterocycles. The summed E-state index contributed by atoms with van der Waals surface area (Å²) in [6.45, 7) is 5.08. The van der Waals surface area contributed by atoms with Gasteiger partial charge in [0.15, 0.2) is 0 Å². The largest absolute Gasteiger partial charge is 0.497 e. The van der Waals surface area contributed by atoms with Crippen molar-refractivity contribution in [3.63, 3.8) is 0 Å². The maximum Gasteiger partial charge on any atom is 0.127 e. The molecule has 0 aliphatic carbocycles. The molecule has 2 rings (SSSR count). The van der Waals surface area contributed by atoms with Crippen LogP contribution in [0, 0.1) is 5.82 Å². The van der Waals surface area contributed by atoms with Crippen LogP contribution >= 0.6 is 0 Å². The number of halogens is 1. The van der Waals surface area contributed by atoms with Gasteiger partial charge in [-0.3, -0.25) is 4.90 Å². The summed E-state index contributed by atoms with van der Waals surface area (Å²) in [6, 6.07) is 14.1. The zero-order valence-electron chi connectivity index (χ0n) is 15.0. The van der Waals surface area contributed by atoms with Gasteiger partial charge in [-0.05, 0) is 44.2 Å². The second-order valence-corrected chi connectivity index (χ2v) is 6.25. The molecule has 0 bridgehead atoms. The van der Waals surface area contributed by atoms with Gasteiger partial charge in [-0.25, -0.2) is 4.39 Å². The molecule has 136 valence electrons. The first kappa shape index (κ1) is 19.2. The fourth-order valence-electron chi connectivity index (χ4n) is 2.49. The predicted molar refractivity (Wildman–Crippen MR) is 96.4 cm³/mol. The minimum atomic E-state index is -0.670. The van der Waals surface area contributed by atoms with Crippen LogP contribution in [0.2, 0.25) is 0 Å². The van der Waals surface area contributed by atoms with Crippen molar-refractivity contribution in [2.75, 3.05) is 20.3 Å². The lowest BCUT2D eigenvalue weighted by Crippen LogP contribution is -2.39. The number of hydrogen-bond acceptors (Lipinski definition) is 4. The molecule has 4 nitrogen and oxygen atoms in total. The molecule has 0 fully saturated rings. The number of aliphatic hydroxyl groups is 1. The third-order valence-corrected chi connectivity index (χ3v) is 4.01. The van der Waals surface area contributed by atoms with Gasteiger partial charge in [-0.15, -0.1) is 0 Å². The van der Waals surface area contributed by atoms with Crippen molar-refractivity contribution in [2.45, 2.75) is 32.5 Å². The highest BCUT2D eigenvalue weighted by atomic mass is 19.1.